The number of Topliss-reactive ketones (excluding diaryl/α,β-unsaturated/α-hetero) is 1. The van der Waals surface area contributed by atoms with Crippen LogP contribution in [-0.2, 0) is 4.79 Å². The van der Waals surface area contributed by atoms with Crippen molar-refractivity contribution in [3.8, 4) is 6.07 Å². The first-order chi connectivity index (χ1) is 14.9. The molecule has 0 saturated carbocycles. The molecule has 1 atom stereocenters. The molecule has 156 valence electrons. The first kappa shape index (κ1) is 21.0. The molecule has 3 N–H and O–H groups in total. The fraction of sp³-hybridized carbons (Fsp3) is 0.174. The summed E-state index contributed by atoms with van der Waals surface area (Å²) in [5.41, 5.74) is 11.2. The molecule has 0 saturated heterocycles. The summed E-state index contributed by atoms with van der Waals surface area (Å²) < 4.78 is 0. The summed E-state index contributed by atoms with van der Waals surface area (Å²) in [4.78, 5) is 25.8. The van der Waals surface area contributed by atoms with Crippen LogP contribution in [0.5, 0.6) is 0 Å². The Bertz CT molecular complexity index is 1180. The van der Waals surface area contributed by atoms with Crippen molar-refractivity contribution in [2.75, 3.05) is 0 Å². The van der Waals surface area contributed by atoms with Gasteiger partial charge in [-0.05, 0) is 36.6 Å². The third-order valence-electron chi connectivity index (χ3n) is 5.46. The second-order valence-electron chi connectivity index (χ2n) is 7.27. The molecule has 4 rings (SSSR count). The maximum absolute atomic E-state index is 13.0. The number of rotatable bonds is 3. The number of hydrogen-bond donors (Lipinski definition) is 2. The van der Waals surface area contributed by atoms with Crippen LogP contribution in [0.25, 0.3) is 0 Å². The minimum absolute atomic E-state index is 0.0567. The van der Waals surface area contributed by atoms with E-state index in [1.807, 2.05) is 0 Å². The largest absolute Gasteiger partial charge is 0.383 e. The van der Waals surface area contributed by atoms with E-state index in [-0.39, 0.29) is 22.2 Å². The third-order valence-corrected chi connectivity index (χ3v) is 6.29. The van der Waals surface area contributed by atoms with Crippen LogP contribution in [0.1, 0.15) is 41.1 Å². The normalized spacial score (nSPS) is 18.5. The highest BCUT2D eigenvalue weighted by Gasteiger charge is 2.41. The van der Waals surface area contributed by atoms with Gasteiger partial charge in [-0.25, -0.2) is 5.01 Å². The Balaban J connectivity index is 1.86. The standard InChI is InChI=1S/C23H18Cl2N4O2/c24-16-9-4-8-14(21(16)25)19-15(12-26)22(27)29(17-10-5-11-18(30)20(17)19)28-23(31)13-6-2-1-3-7-13/h1-4,6-9,19H,5,10-11,27H2,(H,28,31). The molecule has 1 amide bonds. The number of halogens is 2. The highest BCUT2D eigenvalue weighted by Crippen LogP contribution is 2.46. The van der Waals surface area contributed by atoms with Gasteiger partial charge >= 0.3 is 0 Å². The number of carbonyl (C=O) groups is 2. The molecule has 2 aromatic carbocycles. The quantitative estimate of drug-likeness (QED) is 0.716. The number of ketones is 1. The van der Waals surface area contributed by atoms with Gasteiger partial charge in [-0.15, -0.1) is 0 Å². The number of carbonyl (C=O) groups excluding carboxylic acids is 2. The summed E-state index contributed by atoms with van der Waals surface area (Å²) in [5.74, 6) is -1.20. The molecule has 0 fully saturated rings. The number of nitrogens with zero attached hydrogens (tertiary/aromatic N) is 2. The van der Waals surface area contributed by atoms with Crippen LogP contribution in [0.2, 0.25) is 10.0 Å². The number of nitrogens with one attached hydrogen (secondary N) is 1. The Labute approximate surface area is 189 Å². The second kappa shape index (κ2) is 8.46. The smallest absolute Gasteiger partial charge is 0.270 e. The van der Waals surface area contributed by atoms with Crippen LogP contribution < -0.4 is 11.2 Å². The van der Waals surface area contributed by atoms with E-state index in [2.05, 4.69) is 11.5 Å². The van der Waals surface area contributed by atoms with Crippen LogP contribution in [0.3, 0.4) is 0 Å². The zero-order valence-electron chi connectivity index (χ0n) is 16.4. The van der Waals surface area contributed by atoms with E-state index >= 15 is 0 Å². The molecular formula is C23H18Cl2N4O2. The van der Waals surface area contributed by atoms with Crippen molar-refractivity contribution >= 4 is 34.9 Å². The van der Waals surface area contributed by atoms with Gasteiger partial charge < -0.3 is 5.73 Å². The summed E-state index contributed by atoms with van der Waals surface area (Å²) in [6.45, 7) is 0. The molecule has 31 heavy (non-hydrogen) atoms. The van der Waals surface area contributed by atoms with Gasteiger partial charge in [-0.2, -0.15) is 5.26 Å². The van der Waals surface area contributed by atoms with Gasteiger partial charge in [0.1, 0.15) is 5.82 Å². The molecule has 0 bridgehead atoms. The zero-order valence-corrected chi connectivity index (χ0v) is 17.9. The molecule has 0 spiro atoms. The fourth-order valence-corrected chi connectivity index (χ4v) is 4.44. The number of nitriles is 1. The van der Waals surface area contributed by atoms with Crippen LogP contribution in [0.4, 0.5) is 0 Å². The molecule has 6 nitrogen and oxygen atoms in total. The number of hydrogen-bond acceptors (Lipinski definition) is 5. The summed E-state index contributed by atoms with van der Waals surface area (Å²) in [6.07, 6.45) is 1.47. The zero-order chi connectivity index (χ0) is 22.1. The van der Waals surface area contributed by atoms with E-state index in [4.69, 9.17) is 28.9 Å². The van der Waals surface area contributed by atoms with Crippen molar-refractivity contribution in [3.05, 3.63) is 92.4 Å². The van der Waals surface area contributed by atoms with E-state index in [9.17, 15) is 14.9 Å². The molecule has 2 aliphatic rings. The minimum Gasteiger partial charge on any atom is -0.383 e. The molecule has 0 radical (unpaired) electrons. The van der Waals surface area contributed by atoms with E-state index in [0.717, 1.165) is 0 Å². The van der Waals surface area contributed by atoms with Crippen molar-refractivity contribution in [1.29, 1.82) is 5.26 Å². The predicted octanol–water partition coefficient (Wildman–Crippen LogP) is 4.44. The van der Waals surface area contributed by atoms with E-state index < -0.39 is 11.8 Å². The topological polar surface area (TPSA) is 99.2 Å². The lowest BCUT2D eigenvalue weighted by Gasteiger charge is -2.39. The highest BCUT2D eigenvalue weighted by molar-refractivity contribution is 6.42. The van der Waals surface area contributed by atoms with Gasteiger partial charge in [0.05, 0.1) is 27.6 Å². The van der Waals surface area contributed by atoms with Crippen molar-refractivity contribution in [1.82, 2.24) is 10.4 Å². The van der Waals surface area contributed by atoms with Crippen LogP contribution in [-0.4, -0.2) is 16.7 Å². The molecule has 1 aliphatic carbocycles. The molecule has 8 heteroatoms. The Morgan fingerprint density at radius 1 is 1.13 bits per heavy atom. The highest BCUT2D eigenvalue weighted by atomic mass is 35.5. The number of hydrazine groups is 1. The first-order valence-corrected chi connectivity index (χ1v) is 10.5. The maximum atomic E-state index is 13.0. The first-order valence-electron chi connectivity index (χ1n) is 9.70. The van der Waals surface area contributed by atoms with Crippen LogP contribution in [0, 0.1) is 11.3 Å². The van der Waals surface area contributed by atoms with Gasteiger partial charge in [0.15, 0.2) is 5.78 Å². The third kappa shape index (κ3) is 3.67. The average molecular weight is 453 g/mol. The number of benzene rings is 2. The van der Waals surface area contributed by atoms with Crippen molar-refractivity contribution in [2.45, 2.75) is 25.2 Å². The maximum Gasteiger partial charge on any atom is 0.270 e. The molecule has 1 unspecified atom stereocenters. The predicted molar refractivity (Wildman–Crippen MR) is 118 cm³/mol. The summed E-state index contributed by atoms with van der Waals surface area (Å²) >= 11 is 12.7. The minimum atomic E-state index is -0.746. The summed E-state index contributed by atoms with van der Waals surface area (Å²) in [6, 6.07) is 15.8. The lowest BCUT2D eigenvalue weighted by molar-refractivity contribution is -0.116. The molecule has 0 aromatic heterocycles. The van der Waals surface area contributed by atoms with E-state index in [0.29, 0.717) is 46.7 Å². The van der Waals surface area contributed by atoms with Gasteiger partial charge in [0.2, 0.25) is 0 Å². The van der Waals surface area contributed by atoms with Crippen molar-refractivity contribution in [2.24, 2.45) is 5.73 Å². The number of amides is 1. The van der Waals surface area contributed by atoms with Gasteiger partial charge in [0.25, 0.3) is 5.91 Å². The Morgan fingerprint density at radius 3 is 2.58 bits per heavy atom. The lowest BCUT2D eigenvalue weighted by Crippen LogP contribution is -2.48. The van der Waals surface area contributed by atoms with Crippen LogP contribution >= 0.6 is 23.2 Å². The lowest BCUT2D eigenvalue weighted by atomic mass is 9.76. The summed E-state index contributed by atoms with van der Waals surface area (Å²) in [5, 5.41) is 11.9. The average Bonchev–Trinajstić information content (AvgIpc) is 2.78. The van der Waals surface area contributed by atoms with Gasteiger partial charge in [-0.3, -0.25) is 15.0 Å². The van der Waals surface area contributed by atoms with E-state index in [1.165, 1.54) is 5.01 Å². The van der Waals surface area contributed by atoms with Crippen molar-refractivity contribution < 1.29 is 9.59 Å². The second-order valence-corrected chi connectivity index (χ2v) is 8.05. The Kier molecular flexibility index (Phi) is 5.73. The van der Waals surface area contributed by atoms with Crippen molar-refractivity contribution in [3.63, 3.8) is 0 Å². The van der Waals surface area contributed by atoms with E-state index in [1.54, 1.807) is 48.5 Å². The monoisotopic (exact) mass is 452 g/mol. The Hall–Kier alpha value is -3.27. The summed E-state index contributed by atoms with van der Waals surface area (Å²) in [7, 11) is 0. The number of allylic oxidation sites excluding steroid dienone is 3. The molecule has 2 aromatic rings. The molecule has 1 aliphatic heterocycles. The van der Waals surface area contributed by atoms with Crippen LogP contribution in [0.15, 0.2) is 71.2 Å². The molecule has 1 heterocycles. The van der Waals surface area contributed by atoms with Gasteiger partial charge in [0, 0.05) is 23.3 Å². The SMILES string of the molecule is N#CC1=C(N)N(NC(=O)c2ccccc2)C2=C(C(=O)CCC2)C1c1cccc(Cl)c1Cl. The molecular weight excluding hydrogens is 435 g/mol. The van der Waals surface area contributed by atoms with Gasteiger partial charge in [-0.1, -0.05) is 53.5 Å². The Morgan fingerprint density at radius 2 is 1.87 bits per heavy atom. The number of nitrogens with two attached hydrogens (primary N) is 1. The fourth-order valence-electron chi connectivity index (χ4n) is 4.02.